The number of para-hydroxylation sites is 1. The highest BCUT2D eigenvalue weighted by molar-refractivity contribution is 6.27. The maximum Gasteiger partial charge on any atom is 0.414 e. The number of carboxylic acid groups (broad SMARTS) is 2. The maximum absolute atomic E-state index is 9.10. The van der Waals surface area contributed by atoms with Gasteiger partial charge in [0.05, 0.1) is 6.10 Å². The lowest BCUT2D eigenvalue weighted by Gasteiger charge is -2.18. The largest absolute Gasteiger partial charge is 0.491 e. The van der Waals surface area contributed by atoms with Gasteiger partial charge in [-0.2, -0.15) is 0 Å². The molecule has 3 N–H and O–H groups in total. The van der Waals surface area contributed by atoms with Gasteiger partial charge in [0, 0.05) is 6.04 Å². The second kappa shape index (κ2) is 13.4. The van der Waals surface area contributed by atoms with Crippen molar-refractivity contribution in [1.82, 2.24) is 5.32 Å². The van der Waals surface area contributed by atoms with Crippen LogP contribution in [0.2, 0.25) is 0 Å². The molecular formula is C18H29NO5. The molecular weight excluding hydrogens is 310 g/mol. The number of carboxylic acids is 2. The Kier molecular flexibility index (Phi) is 12.2. The minimum Gasteiger partial charge on any atom is -0.491 e. The summed E-state index contributed by atoms with van der Waals surface area (Å²) >= 11 is 0. The summed E-state index contributed by atoms with van der Waals surface area (Å²) in [7, 11) is 0. The van der Waals surface area contributed by atoms with Crippen LogP contribution in [0, 0.1) is 0 Å². The van der Waals surface area contributed by atoms with Crippen LogP contribution < -0.4 is 10.1 Å². The lowest BCUT2D eigenvalue weighted by molar-refractivity contribution is -0.159. The maximum atomic E-state index is 9.10. The van der Waals surface area contributed by atoms with Gasteiger partial charge in [0.1, 0.15) is 5.75 Å². The second-order valence-electron chi connectivity index (χ2n) is 5.64. The molecule has 1 rings (SSSR count). The van der Waals surface area contributed by atoms with Crippen LogP contribution in [-0.2, 0) is 9.59 Å². The Balaban J connectivity index is 0.000000754. The van der Waals surface area contributed by atoms with E-state index in [1.54, 1.807) is 0 Å². The molecule has 0 amide bonds. The Labute approximate surface area is 143 Å². The first-order valence-electron chi connectivity index (χ1n) is 8.28. The summed E-state index contributed by atoms with van der Waals surface area (Å²) in [6.07, 6.45) is 5.06. The summed E-state index contributed by atoms with van der Waals surface area (Å²) in [5.74, 6) is -2.68. The second-order valence-corrected chi connectivity index (χ2v) is 5.64. The van der Waals surface area contributed by atoms with E-state index in [1.165, 1.54) is 12.8 Å². The fourth-order valence-electron chi connectivity index (χ4n) is 1.90. The topological polar surface area (TPSA) is 95.9 Å². The van der Waals surface area contributed by atoms with Crippen molar-refractivity contribution in [2.24, 2.45) is 0 Å². The van der Waals surface area contributed by atoms with E-state index in [2.05, 4.69) is 26.1 Å². The molecule has 2 atom stereocenters. The number of hydrogen-bond acceptors (Lipinski definition) is 4. The van der Waals surface area contributed by atoms with Crippen LogP contribution in [0.15, 0.2) is 30.3 Å². The molecule has 1 aromatic carbocycles. The number of aliphatic carboxylic acids is 2. The van der Waals surface area contributed by atoms with Crippen molar-refractivity contribution < 1.29 is 24.5 Å². The summed E-state index contributed by atoms with van der Waals surface area (Å²) in [5, 5.41) is 18.3. The van der Waals surface area contributed by atoms with Gasteiger partial charge in [-0.15, -0.1) is 0 Å². The minimum absolute atomic E-state index is 0.280. The molecule has 24 heavy (non-hydrogen) atoms. The first-order chi connectivity index (χ1) is 11.4. The molecule has 0 saturated heterocycles. The lowest BCUT2D eigenvalue weighted by Crippen LogP contribution is -2.28. The number of rotatable bonds is 9. The first kappa shape index (κ1) is 21.9. The molecule has 0 aromatic heterocycles. The van der Waals surface area contributed by atoms with Crippen LogP contribution in [0.1, 0.15) is 46.5 Å². The van der Waals surface area contributed by atoms with Crippen LogP contribution in [-0.4, -0.2) is 40.8 Å². The molecule has 0 aliphatic heterocycles. The predicted molar refractivity (Wildman–Crippen MR) is 93.4 cm³/mol. The third-order valence-electron chi connectivity index (χ3n) is 3.29. The molecule has 0 saturated carbocycles. The highest BCUT2D eigenvalue weighted by atomic mass is 16.5. The highest BCUT2D eigenvalue weighted by Gasteiger charge is 2.07. The Morgan fingerprint density at radius 2 is 1.67 bits per heavy atom. The Morgan fingerprint density at radius 3 is 2.17 bits per heavy atom. The fraction of sp³-hybridized carbons (Fsp3) is 0.556. The Morgan fingerprint density at radius 1 is 1.08 bits per heavy atom. The molecule has 0 spiro atoms. The highest BCUT2D eigenvalue weighted by Crippen LogP contribution is 2.13. The van der Waals surface area contributed by atoms with E-state index in [0.717, 1.165) is 25.1 Å². The van der Waals surface area contributed by atoms with Crippen LogP contribution >= 0.6 is 0 Å². The number of unbranched alkanes of at least 4 members (excludes halogenated alkanes) is 1. The van der Waals surface area contributed by atoms with E-state index in [1.807, 2.05) is 30.3 Å². The third kappa shape index (κ3) is 12.5. The molecule has 0 aliphatic rings. The molecule has 0 bridgehead atoms. The van der Waals surface area contributed by atoms with Gasteiger partial charge in [-0.1, -0.05) is 31.5 Å². The standard InChI is InChI=1S/C16H27NO.C2H2O4/c1-4-5-13-17-14(2)11-12-15(3)18-16-9-7-6-8-10-16;3-1(4)2(5)6/h6-10,14-15,17H,4-5,11-13H2,1-3H3;(H,3,4)(H,5,6). The first-order valence-corrected chi connectivity index (χ1v) is 8.28. The summed E-state index contributed by atoms with van der Waals surface area (Å²) in [6, 6.07) is 10.6. The number of nitrogens with one attached hydrogen (secondary N) is 1. The summed E-state index contributed by atoms with van der Waals surface area (Å²) in [6.45, 7) is 7.75. The fourth-order valence-corrected chi connectivity index (χ4v) is 1.90. The average Bonchev–Trinajstić information content (AvgIpc) is 2.54. The number of benzene rings is 1. The third-order valence-corrected chi connectivity index (χ3v) is 3.29. The van der Waals surface area contributed by atoms with Gasteiger partial charge in [-0.3, -0.25) is 0 Å². The summed E-state index contributed by atoms with van der Waals surface area (Å²) in [4.78, 5) is 18.2. The minimum atomic E-state index is -1.82. The van der Waals surface area contributed by atoms with Crippen LogP contribution in [0.5, 0.6) is 5.75 Å². The average molecular weight is 339 g/mol. The van der Waals surface area contributed by atoms with Gasteiger partial charge in [0.2, 0.25) is 0 Å². The monoisotopic (exact) mass is 339 g/mol. The van der Waals surface area contributed by atoms with E-state index in [-0.39, 0.29) is 6.10 Å². The molecule has 6 heteroatoms. The van der Waals surface area contributed by atoms with E-state index in [4.69, 9.17) is 24.5 Å². The van der Waals surface area contributed by atoms with Crippen LogP contribution in [0.25, 0.3) is 0 Å². The summed E-state index contributed by atoms with van der Waals surface area (Å²) in [5.41, 5.74) is 0. The molecule has 0 radical (unpaired) electrons. The van der Waals surface area contributed by atoms with Gasteiger partial charge in [-0.05, 0) is 51.8 Å². The van der Waals surface area contributed by atoms with Crippen molar-refractivity contribution in [1.29, 1.82) is 0 Å². The Hall–Kier alpha value is -2.08. The van der Waals surface area contributed by atoms with Crippen LogP contribution in [0.3, 0.4) is 0 Å². The van der Waals surface area contributed by atoms with E-state index >= 15 is 0 Å². The molecule has 6 nitrogen and oxygen atoms in total. The number of hydrogen-bond donors (Lipinski definition) is 3. The molecule has 0 aliphatic carbocycles. The zero-order valence-electron chi connectivity index (χ0n) is 14.7. The van der Waals surface area contributed by atoms with Gasteiger partial charge >= 0.3 is 11.9 Å². The quantitative estimate of drug-likeness (QED) is 0.472. The van der Waals surface area contributed by atoms with Crippen molar-refractivity contribution in [3.63, 3.8) is 0 Å². The molecule has 0 heterocycles. The molecule has 2 unspecified atom stereocenters. The van der Waals surface area contributed by atoms with E-state index in [9.17, 15) is 0 Å². The lowest BCUT2D eigenvalue weighted by atomic mass is 10.1. The van der Waals surface area contributed by atoms with E-state index < -0.39 is 11.9 Å². The zero-order chi connectivity index (χ0) is 18.4. The number of carbonyl (C=O) groups is 2. The molecule has 0 fully saturated rings. The normalized spacial score (nSPS) is 12.5. The molecule has 136 valence electrons. The van der Waals surface area contributed by atoms with Gasteiger partial charge in [0.15, 0.2) is 0 Å². The predicted octanol–water partition coefficient (Wildman–Crippen LogP) is 3.17. The van der Waals surface area contributed by atoms with Crippen molar-refractivity contribution in [2.45, 2.75) is 58.6 Å². The van der Waals surface area contributed by atoms with Gasteiger partial charge < -0.3 is 20.3 Å². The van der Waals surface area contributed by atoms with Gasteiger partial charge in [-0.25, -0.2) is 9.59 Å². The van der Waals surface area contributed by atoms with Gasteiger partial charge in [0.25, 0.3) is 0 Å². The summed E-state index contributed by atoms with van der Waals surface area (Å²) < 4.78 is 5.86. The van der Waals surface area contributed by atoms with Crippen molar-refractivity contribution >= 4 is 11.9 Å². The van der Waals surface area contributed by atoms with Crippen molar-refractivity contribution in [3.8, 4) is 5.75 Å². The van der Waals surface area contributed by atoms with Crippen molar-refractivity contribution in [3.05, 3.63) is 30.3 Å². The van der Waals surface area contributed by atoms with E-state index in [0.29, 0.717) is 6.04 Å². The Bertz CT molecular complexity index is 452. The molecule has 1 aromatic rings. The van der Waals surface area contributed by atoms with Crippen molar-refractivity contribution in [2.75, 3.05) is 6.54 Å². The zero-order valence-corrected chi connectivity index (χ0v) is 14.7. The number of ether oxygens (including phenoxy) is 1. The van der Waals surface area contributed by atoms with Crippen LogP contribution in [0.4, 0.5) is 0 Å². The smallest absolute Gasteiger partial charge is 0.414 e. The SMILES string of the molecule is CCCCNC(C)CCC(C)Oc1ccccc1.O=C(O)C(=O)O.